The van der Waals surface area contributed by atoms with E-state index in [9.17, 15) is 4.79 Å². The highest BCUT2D eigenvalue weighted by Gasteiger charge is 2.16. The highest BCUT2D eigenvalue weighted by molar-refractivity contribution is 5.69. The second-order valence-electron chi connectivity index (χ2n) is 5.02. The van der Waals surface area contributed by atoms with E-state index in [2.05, 4.69) is 14.5 Å². The first kappa shape index (κ1) is 14.0. The van der Waals surface area contributed by atoms with Crippen LogP contribution in [-0.4, -0.2) is 69.7 Å². The Morgan fingerprint density at radius 1 is 1.16 bits per heavy atom. The van der Waals surface area contributed by atoms with Gasteiger partial charge in [-0.15, -0.1) is 0 Å². The molecule has 0 unspecified atom stereocenters. The van der Waals surface area contributed by atoms with Gasteiger partial charge in [0, 0.05) is 38.6 Å². The number of aryl methyl sites for hydroxylation is 1. The molecule has 106 valence electrons. The number of aliphatic carboxylic acids is 1. The maximum Gasteiger partial charge on any atom is 0.317 e. The monoisotopic (exact) mass is 266 g/mol. The molecule has 1 aliphatic heterocycles. The Balaban J connectivity index is 1.66. The van der Waals surface area contributed by atoms with Crippen molar-refractivity contribution >= 4 is 5.97 Å². The quantitative estimate of drug-likeness (QED) is 0.806. The number of rotatable bonds is 6. The molecule has 0 spiro atoms. The van der Waals surface area contributed by atoms with Crippen molar-refractivity contribution in [3.8, 4) is 0 Å². The van der Waals surface area contributed by atoms with Crippen molar-refractivity contribution in [2.24, 2.45) is 0 Å². The van der Waals surface area contributed by atoms with Gasteiger partial charge in [0.25, 0.3) is 0 Å². The van der Waals surface area contributed by atoms with Crippen LogP contribution in [0, 0.1) is 0 Å². The van der Waals surface area contributed by atoms with E-state index in [0.717, 1.165) is 52.1 Å². The van der Waals surface area contributed by atoms with Gasteiger partial charge in [0.2, 0.25) is 0 Å². The van der Waals surface area contributed by atoms with Crippen molar-refractivity contribution in [2.75, 3.05) is 39.3 Å². The van der Waals surface area contributed by atoms with Crippen molar-refractivity contribution < 1.29 is 9.90 Å². The summed E-state index contributed by atoms with van der Waals surface area (Å²) in [6.07, 6.45) is 7.79. The summed E-state index contributed by atoms with van der Waals surface area (Å²) in [5.41, 5.74) is 0. The molecule has 1 aliphatic rings. The number of aromatic nitrogens is 2. The summed E-state index contributed by atoms with van der Waals surface area (Å²) in [6, 6.07) is 0. The van der Waals surface area contributed by atoms with E-state index in [-0.39, 0.29) is 6.54 Å². The lowest BCUT2D eigenvalue weighted by Gasteiger charge is -2.20. The normalized spacial score (nSPS) is 18.3. The second kappa shape index (κ2) is 7.25. The van der Waals surface area contributed by atoms with Gasteiger partial charge in [-0.05, 0) is 25.9 Å². The number of nitrogens with zero attached hydrogens (tertiary/aromatic N) is 4. The fourth-order valence-electron chi connectivity index (χ4n) is 2.49. The van der Waals surface area contributed by atoms with Crippen LogP contribution in [0.25, 0.3) is 0 Å². The zero-order valence-electron chi connectivity index (χ0n) is 11.2. The summed E-state index contributed by atoms with van der Waals surface area (Å²) in [7, 11) is 0. The molecule has 2 rings (SSSR count). The Morgan fingerprint density at radius 3 is 2.68 bits per heavy atom. The maximum absolute atomic E-state index is 10.7. The molecule has 0 atom stereocenters. The summed E-state index contributed by atoms with van der Waals surface area (Å²) in [5, 5.41) is 8.81. The standard InChI is InChI=1S/C13H22N4O2/c18-13(19)11-16-6-1-4-15(9-10-16)5-2-7-17-8-3-14-12-17/h3,8,12H,1-2,4-7,9-11H2,(H,18,19). The number of carbonyl (C=O) groups is 1. The van der Waals surface area contributed by atoms with Crippen molar-refractivity contribution in [2.45, 2.75) is 19.4 Å². The molecule has 0 saturated carbocycles. The summed E-state index contributed by atoms with van der Waals surface area (Å²) in [5.74, 6) is -0.728. The average molecular weight is 266 g/mol. The van der Waals surface area contributed by atoms with Crippen LogP contribution in [0.2, 0.25) is 0 Å². The molecule has 0 aromatic carbocycles. The molecule has 6 nitrogen and oxygen atoms in total. The van der Waals surface area contributed by atoms with Crippen LogP contribution in [0.1, 0.15) is 12.8 Å². The molecule has 1 saturated heterocycles. The lowest BCUT2D eigenvalue weighted by atomic mass is 10.3. The third-order valence-corrected chi connectivity index (χ3v) is 3.49. The molecule has 0 amide bonds. The molecule has 19 heavy (non-hydrogen) atoms. The summed E-state index contributed by atoms with van der Waals surface area (Å²) in [4.78, 5) is 19.2. The highest BCUT2D eigenvalue weighted by atomic mass is 16.4. The lowest BCUT2D eigenvalue weighted by molar-refractivity contribution is -0.138. The molecule has 0 radical (unpaired) electrons. The van der Waals surface area contributed by atoms with Crippen LogP contribution in [0.15, 0.2) is 18.7 Å². The van der Waals surface area contributed by atoms with Crippen molar-refractivity contribution in [3.63, 3.8) is 0 Å². The number of hydrogen-bond acceptors (Lipinski definition) is 4. The van der Waals surface area contributed by atoms with Crippen LogP contribution in [0.3, 0.4) is 0 Å². The Bertz CT molecular complexity index is 380. The van der Waals surface area contributed by atoms with Crippen LogP contribution in [0.5, 0.6) is 0 Å². The Kier molecular flexibility index (Phi) is 5.35. The Morgan fingerprint density at radius 2 is 1.95 bits per heavy atom. The number of hydrogen-bond donors (Lipinski definition) is 1. The number of carboxylic acids is 1. The second-order valence-corrected chi connectivity index (χ2v) is 5.02. The van der Waals surface area contributed by atoms with Gasteiger partial charge in [-0.3, -0.25) is 9.69 Å². The van der Waals surface area contributed by atoms with Gasteiger partial charge < -0.3 is 14.6 Å². The first-order valence-corrected chi connectivity index (χ1v) is 6.86. The van der Waals surface area contributed by atoms with Gasteiger partial charge in [0.05, 0.1) is 12.9 Å². The van der Waals surface area contributed by atoms with Crippen LogP contribution in [-0.2, 0) is 11.3 Å². The van der Waals surface area contributed by atoms with Crippen LogP contribution in [0.4, 0.5) is 0 Å². The van der Waals surface area contributed by atoms with Crippen LogP contribution >= 0.6 is 0 Å². The zero-order valence-corrected chi connectivity index (χ0v) is 11.2. The van der Waals surface area contributed by atoms with Crippen molar-refractivity contribution in [1.82, 2.24) is 19.4 Å². The summed E-state index contributed by atoms with van der Waals surface area (Å²) < 4.78 is 2.09. The van der Waals surface area contributed by atoms with Gasteiger partial charge in [-0.2, -0.15) is 0 Å². The minimum Gasteiger partial charge on any atom is -0.480 e. The molecule has 0 bridgehead atoms. The molecule has 1 fully saturated rings. The highest BCUT2D eigenvalue weighted by Crippen LogP contribution is 2.04. The SMILES string of the molecule is O=C(O)CN1CCCN(CCCn2ccnc2)CC1. The number of carboxylic acid groups (broad SMARTS) is 1. The Labute approximate surface area is 113 Å². The van der Waals surface area contributed by atoms with Gasteiger partial charge in [0.15, 0.2) is 0 Å². The third kappa shape index (κ3) is 5.00. The minimum atomic E-state index is -0.728. The van der Waals surface area contributed by atoms with E-state index in [0.29, 0.717) is 0 Å². The first-order chi connectivity index (χ1) is 9.24. The van der Waals surface area contributed by atoms with Crippen LogP contribution < -0.4 is 0 Å². The molecule has 1 aromatic heterocycles. The zero-order chi connectivity index (χ0) is 13.5. The van der Waals surface area contributed by atoms with Crippen molar-refractivity contribution in [1.29, 1.82) is 0 Å². The summed E-state index contributed by atoms with van der Waals surface area (Å²) >= 11 is 0. The van der Waals surface area contributed by atoms with E-state index < -0.39 is 5.97 Å². The largest absolute Gasteiger partial charge is 0.480 e. The Hall–Kier alpha value is -1.40. The molecular weight excluding hydrogens is 244 g/mol. The molecule has 2 heterocycles. The first-order valence-electron chi connectivity index (χ1n) is 6.86. The van der Waals surface area contributed by atoms with Gasteiger partial charge in [0.1, 0.15) is 0 Å². The molecule has 0 aliphatic carbocycles. The predicted octanol–water partition coefficient (Wildman–Crippen LogP) is 0.365. The third-order valence-electron chi connectivity index (χ3n) is 3.49. The molecule has 1 aromatic rings. The predicted molar refractivity (Wildman–Crippen MR) is 72.0 cm³/mol. The van der Waals surface area contributed by atoms with E-state index >= 15 is 0 Å². The topological polar surface area (TPSA) is 61.6 Å². The molecule has 1 N–H and O–H groups in total. The molecule has 6 heteroatoms. The van der Waals surface area contributed by atoms with E-state index in [4.69, 9.17) is 5.11 Å². The van der Waals surface area contributed by atoms with E-state index in [1.165, 1.54) is 0 Å². The summed E-state index contributed by atoms with van der Waals surface area (Å²) in [6.45, 7) is 6.02. The fourth-order valence-corrected chi connectivity index (χ4v) is 2.49. The van der Waals surface area contributed by atoms with E-state index in [1.807, 2.05) is 17.4 Å². The van der Waals surface area contributed by atoms with Crippen molar-refractivity contribution in [3.05, 3.63) is 18.7 Å². The number of imidazole rings is 1. The van der Waals surface area contributed by atoms with E-state index in [1.54, 1.807) is 6.20 Å². The maximum atomic E-state index is 10.7. The van der Waals surface area contributed by atoms with Gasteiger partial charge >= 0.3 is 5.97 Å². The molecular formula is C13H22N4O2. The van der Waals surface area contributed by atoms with Gasteiger partial charge in [-0.1, -0.05) is 0 Å². The van der Waals surface area contributed by atoms with Gasteiger partial charge in [-0.25, -0.2) is 4.98 Å². The smallest absolute Gasteiger partial charge is 0.317 e. The minimum absolute atomic E-state index is 0.170. The fraction of sp³-hybridized carbons (Fsp3) is 0.692. The lowest BCUT2D eigenvalue weighted by Crippen LogP contribution is -2.34. The average Bonchev–Trinajstić information content (AvgIpc) is 2.78.